The average molecular weight is 442 g/mol. The van der Waals surface area contributed by atoms with Gasteiger partial charge in [0.15, 0.2) is 0 Å². The quantitative estimate of drug-likeness (QED) is 0.736. The number of hydrogen-bond donors (Lipinski definition) is 1. The molecule has 1 aliphatic heterocycles. The van der Waals surface area contributed by atoms with E-state index in [1.807, 2.05) is 11.9 Å². The van der Waals surface area contributed by atoms with Crippen molar-refractivity contribution in [1.29, 1.82) is 0 Å². The third-order valence-corrected chi connectivity index (χ3v) is 9.62. The molecule has 1 N–H and O–H groups in total. The number of amides is 2. The maximum Gasteiger partial charge on any atom is 0.270 e. The van der Waals surface area contributed by atoms with Crippen LogP contribution in [0.25, 0.3) is 0 Å². The first-order valence-electron chi connectivity index (χ1n) is 11.6. The molecule has 166 valence electrons. The normalized spacial score (nSPS) is 41.4. The molecule has 0 spiro atoms. The largest absolute Gasteiger partial charge is 0.347 e. The number of aromatic nitrogens is 1. The van der Waals surface area contributed by atoms with E-state index in [0.29, 0.717) is 34.5 Å². The molecule has 7 atom stereocenters. The highest BCUT2D eigenvalue weighted by Gasteiger charge is 2.60. The van der Waals surface area contributed by atoms with Crippen LogP contribution in [0.1, 0.15) is 62.9 Å². The van der Waals surface area contributed by atoms with Gasteiger partial charge in [-0.15, -0.1) is 0 Å². The molecule has 3 aliphatic carbocycles. The Kier molecular flexibility index (Phi) is 4.96. The summed E-state index contributed by atoms with van der Waals surface area (Å²) in [5.74, 6) is 1.91. The molecule has 0 radical (unpaired) electrons. The molecule has 2 heterocycles. The van der Waals surface area contributed by atoms with Crippen LogP contribution >= 0.6 is 11.6 Å². The van der Waals surface area contributed by atoms with Gasteiger partial charge in [-0.1, -0.05) is 31.5 Å². The summed E-state index contributed by atoms with van der Waals surface area (Å²) in [5, 5.41) is 3.86. The molecule has 3 fully saturated rings. The predicted molar refractivity (Wildman–Crippen MR) is 121 cm³/mol. The summed E-state index contributed by atoms with van der Waals surface area (Å²) < 4.78 is 0. The van der Waals surface area contributed by atoms with Crippen molar-refractivity contribution >= 4 is 23.4 Å². The molecule has 1 aromatic heterocycles. The highest BCUT2D eigenvalue weighted by atomic mass is 35.5. The number of nitrogens with zero attached hydrogens (tertiary/aromatic N) is 2. The summed E-state index contributed by atoms with van der Waals surface area (Å²) in [7, 11) is 1.97. The molecule has 0 saturated heterocycles. The van der Waals surface area contributed by atoms with Crippen molar-refractivity contribution in [1.82, 2.24) is 15.2 Å². The second-order valence-corrected chi connectivity index (χ2v) is 11.1. The number of halogens is 1. The summed E-state index contributed by atoms with van der Waals surface area (Å²) in [6.45, 7) is 4.76. The van der Waals surface area contributed by atoms with Crippen molar-refractivity contribution in [2.75, 3.05) is 7.05 Å². The highest BCUT2D eigenvalue weighted by molar-refractivity contribution is 6.30. The van der Waals surface area contributed by atoms with Crippen LogP contribution in [0.4, 0.5) is 0 Å². The summed E-state index contributed by atoms with van der Waals surface area (Å²) >= 11 is 5.92. The molecule has 1 aromatic rings. The monoisotopic (exact) mass is 441 g/mol. The van der Waals surface area contributed by atoms with Crippen molar-refractivity contribution in [3.63, 3.8) is 0 Å². The summed E-state index contributed by atoms with van der Waals surface area (Å²) in [5.41, 5.74) is 0.604. The Bertz CT molecular complexity index is 931. The molecule has 3 saturated carbocycles. The highest BCUT2D eigenvalue weighted by Crippen LogP contribution is 2.63. The van der Waals surface area contributed by atoms with Gasteiger partial charge in [0.25, 0.3) is 5.91 Å². The lowest BCUT2D eigenvalue weighted by Gasteiger charge is -2.60. The molecule has 0 aromatic carbocycles. The van der Waals surface area contributed by atoms with Gasteiger partial charge >= 0.3 is 0 Å². The zero-order chi connectivity index (χ0) is 22.0. The molecular formula is C25H32ClN3O2. The fraction of sp³-hybridized carbons (Fsp3) is 0.640. The number of rotatable bonds is 2. The van der Waals surface area contributed by atoms with Crippen molar-refractivity contribution in [2.24, 2.45) is 28.6 Å². The van der Waals surface area contributed by atoms with E-state index < -0.39 is 0 Å². The maximum absolute atomic E-state index is 12.9. The smallest absolute Gasteiger partial charge is 0.270 e. The van der Waals surface area contributed by atoms with E-state index in [1.165, 1.54) is 12.6 Å². The molecule has 31 heavy (non-hydrogen) atoms. The van der Waals surface area contributed by atoms with Crippen molar-refractivity contribution < 1.29 is 9.59 Å². The van der Waals surface area contributed by atoms with E-state index >= 15 is 0 Å². The molecular weight excluding hydrogens is 410 g/mol. The molecule has 0 unspecified atom stereocenters. The van der Waals surface area contributed by atoms with Gasteiger partial charge in [-0.3, -0.25) is 9.59 Å². The Labute approximate surface area is 189 Å². The van der Waals surface area contributed by atoms with Gasteiger partial charge in [-0.2, -0.15) is 0 Å². The number of likely N-dealkylation sites (N-methyl/N-ethyl adjacent to an activating group) is 1. The fourth-order valence-electron chi connectivity index (χ4n) is 7.72. The number of hydrogen-bond acceptors (Lipinski definition) is 3. The van der Waals surface area contributed by atoms with Crippen molar-refractivity contribution in [3.8, 4) is 0 Å². The van der Waals surface area contributed by atoms with Crippen LogP contribution in [0.15, 0.2) is 30.5 Å². The summed E-state index contributed by atoms with van der Waals surface area (Å²) in [6, 6.07) is 3.90. The standard InChI is InChI=1S/C25H32ClN3O2/c1-24-12-10-18-16(5-9-21-25(18,2)13-11-22(30)29(21)3)17(24)6-8-20(24)28-23(31)19-7-4-15(26)14-27-19/h4,7,11,13-14,16-18,20-21H,5-6,8-10,12H2,1-3H3,(H,28,31)/t16-,17-,18-,20-,21+,24-,25+/m0/s1. The Balaban J connectivity index is 1.36. The predicted octanol–water partition coefficient (Wildman–Crippen LogP) is 4.47. The topological polar surface area (TPSA) is 62.3 Å². The second kappa shape index (κ2) is 7.33. The Morgan fingerprint density at radius 2 is 1.97 bits per heavy atom. The second-order valence-electron chi connectivity index (χ2n) is 10.6. The van der Waals surface area contributed by atoms with Crippen molar-refractivity contribution in [3.05, 3.63) is 41.2 Å². The summed E-state index contributed by atoms with van der Waals surface area (Å²) in [4.78, 5) is 31.3. The first kappa shape index (κ1) is 21.0. The van der Waals surface area contributed by atoms with Crippen LogP contribution < -0.4 is 5.32 Å². The number of pyridine rings is 1. The average Bonchev–Trinajstić information content (AvgIpc) is 3.08. The van der Waals surface area contributed by atoms with Gasteiger partial charge < -0.3 is 10.2 Å². The van der Waals surface area contributed by atoms with Crippen molar-refractivity contribution in [2.45, 2.75) is 64.5 Å². The first-order valence-corrected chi connectivity index (χ1v) is 12.0. The molecule has 4 aliphatic rings. The lowest BCUT2D eigenvalue weighted by atomic mass is 9.48. The van der Waals surface area contributed by atoms with E-state index in [4.69, 9.17) is 11.6 Å². The molecule has 5 rings (SSSR count). The van der Waals surface area contributed by atoms with Crippen LogP contribution in [0.2, 0.25) is 5.02 Å². The minimum Gasteiger partial charge on any atom is -0.347 e. The van der Waals surface area contributed by atoms with E-state index in [-0.39, 0.29) is 28.7 Å². The SMILES string of the molecule is CN1C(=O)C=C[C@]2(C)[C@H]3CC[C@]4(C)[C@@H](NC(=O)c5ccc(Cl)cn5)CC[C@H]4[C@@H]3CC[C@@H]12. The van der Waals surface area contributed by atoms with E-state index in [9.17, 15) is 9.59 Å². The Morgan fingerprint density at radius 1 is 1.16 bits per heavy atom. The third kappa shape index (κ3) is 3.14. The van der Waals surface area contributed by atoms with Gasteiger partial charge in [0, 0.05) is 30.7 Å². The van der Waals surface area contributed by atoms with Gasteiger partial charge in [0.05, 0.1) is 5.02 Å². The minimum atomic E-state index is -0.100. The Morgan fingerprint density at radius 3 is 2.71 bits per heavy atom. The number of nitrogens with one attached hydrogen (secondary N) is 1. The van der Waals surface area contributed by atoms with Gasteiger partial charge in [-0.05, 0) is 79.9 Å². The third-order valence-electron chi connectivity index (χ3n) is 9.39. The summed E-state index contributed by atoms with van der Waals surface area (Å²) in [6.07, 6.45) is 12.3. The molecule has 6 heteroatoms. The van der Waals surface area contributed by atoms with Crippen LogP contribution in [-0.2, 0) is 4.79 Å². The number of fused-ring (bicyclic) bond motifs is 5. The fourth-order valence-corrected chi connectivity index (χ4v) is 7.83. The van der Waals surface area contributed by atoms with Crippen LogP contribution in [0.3, 0.4) is 0 Å². The van der Waals surface area contributed by atoms with E-state index in [0.717, 1.165) is 32.1 Å². The van der Waals surface area contributed by atoms with E-state index in [1.54, 1.807) is 18.2 Å². The van der Waals surface area contributed by atoms with Gasteiger partial charge in [0.1, 0.15) is 5.69 Å². The molecule has 2 amide bonds. The molecule has 5 nitrogen and oxygen atoms in total. The number of carbonyl (C=O) groups excluding carboxylic acids is 2. The van der Waals surface area contributed by atoms with Crippen LogP contribution in [0, 0.1) is 28.6 Å². The maximum atomic E-state index is 12.9. The zero-order valence-corrected chi connectivity index (χ0v) is 19.4. The van der Waals surface area contributed by atoms with Crippen LogP contribution in [0.5, 0.6) is 0 Å². The zero-order valence-electron chi connectivity index (χ0n) is 18.6. The van der Waals surface area contributed by atoms with Gasteiger partial charge in [0.2, 0.25) is 5.91 Å². The number of carbonyl (C=O) groups is 2. The molecule has 0 bridgehead atoms. The Hall–Kier alpha value is -1.88. The lowest BCUT2D eigenvalue weighted by Crippen LogP contribution is -2.60. The minimum absolute atomic E-state index is 0.0570. The first-order chi connectivity index (χ1) is 14.7. The lowest BCUT2D eigenvalue weighted by molar-refractivity contribution is -0.138. The van der Waals surface area contributed by atoms with Crippen LogP contribution in [-0.4, -0.2) is 40.8 Å². The van der Waals surface area contributed by atoms with Gasteiger partial charge in [-0.25, -0.2) is 4.98 Å². The van der Waals surface area contributed by atoms with E-state index in [2.05, 4.69) is 30.2 Å².